The first kappa shape index (κ1) is 20.5. The number of hydrogen-bond donors (Lipinski definition) is 0. The topological polar surface area (TPSA) is 39.1 Å². The summed E-state index contributed by atoms with van der Waals surface area (Å²) in [4.78, 5) is 2.23. The molecule has 0 radical (unpaired) electrons. The highest BCUT2D eigenvalue weighted by Crippen LogP contribution is 2.67. The van der Waals surface area contributed by atoms with Crippen molar-refractivity contribution in [3.8, 4) is 0 Å². The summed E-state index contributed by atoms with van der Waals surface area (Å²) in [5.41, 5.74) is 4.19. The standard InChI is InChI=1S/C25H31N4OP/c1-25(2)21-15-9-10-16-22(21)27(3)24(25)23-19-26-29(20-13-7-6-8-14-20)31(23,30)28-17-11-4-5-12-18-28/h6-10,13-16,19H,4-5,11-12,17-18H2,1-3H3/b24-23-/t31-/m1/s1. The Bertz CT molecular complexity index is 1080. The molecule has 162 valence electrons. The molecule has 1 atom stereocenters. The van der Waals surface area contributed by atoms with Gasteiger partial charge in [-0.3, -0.25) is 4.57 Å². The van der Waals surface area contributed by atoms with Crippen LogP contribution in [0.2, 0.25) is 0 Å². The fourth-order valence-electron chi connectivity index (χ4n) is 5.39. The predicted octanol–water partition coefficient (Wildman–Crippen LogP) is 6.20. The van der Waals surface area contributed by atoms with E-state index in [1.807, 2.05) is 41.3 Å². The molecule has 1 saturated heterocycles. The van der Waals surface area contributed by atoms with Gasteiger partial charge in [0.05, 0.1) is 17.2 Å². The Labute approximate surface area is 185 Å². The van der Waals surface area contributed by atoms with Gasteiger partial charge in [0, 0.05) is 36.9 Å². The van der Waals surface area contributed by atoms with Crippen LogP contribution in [-0.2, 0) is 9.98 Å². The van der Waals surface area contributed by atoms with Gasteiger partial charge >= 0.3 is 0 Å². The number of nitrogens with zero attached hydrogens (tertiary/aromatic N) is 4. The summed E-state index contributed by atoms with van der Waals surface area (Å²) < 4.78 is 19.2. The minimum absolute atomic E-state index is 0.249. The molecule has 2 aromatic carbocycles. The number of likely N-dealkylation sites (N-methyl/N-ethyl adjacent to an activating group) is 1. The molecule has 5 rings (SSSR count). The summed E-state index contributed by atoms with van der Waals surface area (Å²) >= 11 is 0. The Morgan fingerprint density at radius 1 is 0.903 bits per heavy atom. The van der Waals surface area contributed by atoms with E-state index in [-0.39, 0.29) is 5.41 Å². The van der Waals surface area contributed by atoms with Crippen LogP contribution in [0.4, 0.5) is 11.4 Å². The Morgan fingerprint density at radius 2 is 1.55 bits per heavy atom. The molecule has 2 aromatic rings. The molecule has 3 aliphatic rings. The molecular formula is C25H31N4OP. The monoisotopic (exact) mass is 434 g/mol. The van der Waals surface area contributed by atoms with Gasteiger partial charge in [0.25, 0.3) is 7.44 Å². The minimum atomic E-state index is -3.13. The molecule has 0 spiro atoms. The van der Waals surface area contributed by atoms with Gasteiger partial charge in [-0.2, -0.15) is 9.88 Å². The molecule has 31 heavy (non-hydrogen) atoms. The van der Waals surface area contributed by atoms with Crippen LogP contribution in [0.5, 0.6) is 0 Å². The fraction of sp³-hybridized carbons (Fsp3) is 0.400. The lowest BCUT2D eigenvalue weighted by atomic mass is 9.84. The Kier molecular flexibility index (Phi) is 5.07. The molecule has 0 aliphatic carbocycles. The third-order valence-corrected chi connectivity index (χ3v) is 9.89. The number of anilines is 2. The molecule has 6 heteroatoms. The SMILES string of the molecule is CN1/C(=C2/C=NN(c3ccccc3)[P@]2(=O)N2CCCCCC2)C(C)(C)c2ccccc21. The van der Waals surface area contributed by atoms with Crippen LogP contribution in [0.3, 0.4) is 0 Å². The minimum Gasteiger partial charge on any atom is -0.346 e. The highest BCUT2D eigenvalue weighted by molar-refractivity contribution is 7.69. The number of hydrogen-bond acceptors (Lipinski definition) is 3. The van der Waals surface area contributed by atoms with Gasteiger partial charge in [-0.1, -0.05) is 63.1 Å². The van der Waals surface area contributed by atoms with E-state index >= 15 is 4.57 Å². The van der Waals surface area contributed by atoms with Gasteiger partial charge in [-0.25, -0.2) is 4.67 Å². The molecule has 0 aromatic heterocycles. The van der Waals surface area contributed by atoms with E-state index in [0.29, 0.717) is 0 Å². The number of fused-ring (bicyclic) bond motifs is 1. The van der Waals surface area contributed by atoms with Crippen molar-refractivity contribution in [2.24, 2.45) is 5.10 Å². The molecule has 0 N–H and O–H groups in total. The molecule has 1 fully saturated rings. The summed E-state index contributed by atoms with van der Waals surface area (Å²) in [7, 11) is -1.03. The van der Waals surface area contributed by atoms with Crippen LogP contribution in [0.15, 0.2) is 70.7 Å². The number of benzene rings is 2. The summed E-state index contributed by atoms with van der Waals surface area (Å²) in [5.74, 6) is 0. The van der Waals surface area contributed by atoms with Crippen molar-refractivity contribution in [1.82, 2.24) is 4.67 Å². The van der Waals surface area contributed by atoms with Crippen LogP contribution in [-0.4, -0.2) is 31.0 Å². The Balaban J connectivity index is 1.71. The van der Waals surface area contributed by atoms with E-state index in [0.717, 1.165) is 42.6 Å². The van der Waals surface area contributed by atoms with Crippen molar-refractivity contribution in [2.45, 2.75) is 44.9 Å². The van der Waals surface area contributed by atoms with Gasteiger partial charge in [0.1, 0.15) is 0 Å². The smallest absolute Gasteiger partial charge is 0.292 e. The number of allylic oxidation sites excluding steroid dienone is 2. The van der Waals surface area contributed by atoms with E-state index in [1.165, 1.54) is 24.1 Å². The number of rotatable bonds is 2. The second kappa shape index (κ2) is 7.65. The molecule has 3 heterocycles. The maximum Gasteiger partial charge on any atom is 0.292 e. The van der Waals surface area contributed by atoms with Gasteiger partial charge in [0.2, 0.25) is 0 Å². The third-order valence-electron chi connectivity index (χ3n) is 6.92. The maximum absolute atomic E-state index is 15.2. The van der Waals surface area contributed by atoms with Gasteiger partial charge in [-0.05, 0) is 36.6 Å². The van der Waals surface area contributed by atoms with E-state index < -0.39 is 7.44 Å². The zero-order valence-corrected chi connectivity index (χ0v) is 19.6. The Morgan fingerprint density at radius 3 is 2.23 bits per heavy atom. The van der Waals surface area contributed by atoms with Crippen LogP contribution >= 0.6 is 7.44 Å². The van der Waals surface area contributed by atoms with E-state index in [9.17, 15) is 0 Å². The second-order valence-corrected chi connectivity index (χ2v) is 11.7. The lowest BCUT2D eigenvalue weighted by Crippen LogP contribution is -2.32. The lowest BCUT2D eigenvalue weighted by Gasteiger charge is -2.36. The third kappa shape index (κ3) is 3.09. The van der Waals surface area contributed by atoms with Gasteiger partial charge in [0.15, 0.2) is 0 Å². The number of hydrazone groups is 1. The molecule has 0 amide bonds. The molecular weight excluding hydrogens is 403 g/mol. The quantitative estimate of drug-likeness (QED) is 0.528. The second-order valence-electron chi connectivity index (χ2n) is 9.22. The summed E-state index contributed by atoms with van der Waals surface area (Å²) in [6.07, 6.45) is 6.43. The highest BCUT2D eigenvalue weighted by Gasteiger charge is 2.51. The van der Waals surface area contributed by atoms with Crippen LogP contribution in [0.25, 0.3) is 0 Å². The predicted molar refractivity (Wildman–Crippen MR) is 130 cm³/mol. The largest absolute Gasteiger partial charge is 0.346 e. The summed E-state index contributed by atoms with van der Waals surface area (Å²) in [6.45, 7) is 6.17. The van der Waals surface area contributed by atoms with Crippen LogP contribution in [0, 0.1) is 0 Å². The molecule has 3 aliphatic heterocycles. The lowest BCUT2D eigenvalue weighted by molar-refractivity contribution is 0.425. The zero-order chi connectivity index (χ0) is 21.6. The highest BCUT2D eigenvalue weighted by atomic mass is 31.2. The van der Waals surface area contributed by atoms with Crippen molar-refractivity contribution < 1.29 is 4.57 Å². The van der Waals surface area contributed by atoms with E-state index in [4.69, 9.17) is 5.10 Å². The van der Waals surface area contributed by atoms with Crippen LogP contribution in [0.1, 0.15) is 45.1 Å². The fourth-order valence-corrected chi connectivity index (χ4v) is 8.51. The number of para-hydroxylation sites is 2. The van der Waals surface area contributed by atoms with E-state index in [1.54, 1.807) is 0 Å². The van der Waals surface area contributed by atoms with Crippen LogP contribution < -0.4 is 9.68 Å². The Hall–Kier alpha value is -2.36. The zero-order valence-electron chi connectivity index (χ0n) is 18.7. The summed E-state index contributed by atoms with van der Waals surface area (Å²) in [6, 6.07) is 18.5. The van der Waals surface area contributed by atoms with Crippen molar-refractivity contribution in [2.75, 3.05) is 29.8 Å². The van der Waals surface area contributed by atoms with Gasteiger partial charge < -0.3 is 4.90 Å². The molecule has 5 nitrogen and oxygen atoms in total. The van der Waals surface area contributed by atoms with E-state index in [2.05, 4.69) is 54.7 Å². The molecule has 0 bridgehead atoms. The van der Waals surface area contributed by atoms with Crippen molar-refractivity contribution in [3.05, 3.63) is 71.2 Å². The average molecular weight is 435 g/mol. The molecule has 0 unspecified atom stereocenters. The molecule has 0 saturated carbocycles. The van der Waals surface area contributed by atoms with Crippen molar-refractivity contribution >= 4 is 25.0 Å². The first-order valence-electron chi connectivity index (χ1n) is 11.3. The maximum atomic E-state index is 15.2. The normalized spacial score (nSPS) is 28.1. The average Bonchev–Trinajstić information content (AvgIpc) is 3.05. The van der Waals surface area contributed by atoms with Crippen molar-refractivity contribution in [3.63, 3.8) is 0 Å². The first-order valence-corrected chi connectivity index (χ1v) is 12.9. The summed E-state index contributed by atoms with van der Waals surface area (Å²) in [5, 5.41) is 5.65. The van der Waals surface area contributed by atoms with Crippen molar-refractivity contribution in [1.29, 1.82) is 0 Å². The van der Waals surface area contributed by atoms with Gasteiger partial charge in [-0.15, -0.1) is 0 Å². The first-order chi connectivity index (χ1) is 15.0.